The summed E-state index contributed by atoms with van der Waals surface area (Å²) in [5, 5.41) is 18.7. The topological polar surface area (TPSA) is 78.0 Å². The van der Waals surface area contributed by atoms with Crippen molar-refractivity contribution in [3.8, 4) is 0 Å². The molecule has 0 spiro atoms. The Hall–Kier alpha value is -1.36. The van der Waals surface area contributed by atoms with Crippen LogP contribution in [-0.2, 0) is 0 Å². The maximum Gasteiger partial charge on any atom is 0.339 e. The number of hydrogen-bond acceptors (Lipinski definition) is 3. The third-order valence-electron chi connectivity index (χ3n) is 2.56. The summed E-state index contributed by atoms with van der Waals surface area (Å²) in [6.07, 6.45) is 4.64. The number of hydrogen-bond donors (Lipinski definition) is 3. The number of aromatic carboxylic acids is 1. The zero-order chi connectivity index (χ0) is 9.97. The number of piperidine rings is 1. The molecule has 2 heterocycles. The zero-order valence-corrected chi connectivity index (χ0v) is 7.79. The van der Waals surface area contributed by atoms with Gasteiger partial charge in [0.2, 0.25) is 0 Å². The van der Waals surface area contributed by atoms with E-state index in [2.05, 4.69) is 15.5 Å². The van der Waals surface area contributed by atoms with Crippen LogP contribution in [0.3, 0.4) is 0 Å². The van der Waals surface area contributed by atoms with Crippen molar-refractivity contribution in [2.75, 3.05) is 6.54 Å². The molecule has 0 aromatic carbocycles. The summed E-state index contributed by atoms with van der Waals surface area (Å²) in [5.74, 6) is -0.916. The van der Waals surface area contributed by atoms with E-state index in [1.165, 1.54) is 6.20 Å². The first kappa shape index (κ1) is 9.21. The third-order valence-corrected chi connectivity index (χ3v) is 2.56. The van der Waals surface area contributed by atoms with Crippen molar-refractivity contribution < 1.29 is 9.90 Å². The summed E-state index contributed by atoms with van der Waals surface area (Å²) >= 11 is 0. The van der Waals surface area contributed by atoms with Crippen LogP contribution in [-0.4, -0.2) is 27.8 Å². The Morgan fingerprint density at radius 3 is 3.07 bits per heavy atom. The minimum Gasteiger partial charge on any atom is -0.478 e. The molecule has 1 aromatic rings. The largest absolute Gasteiger partial charge is 0.478 e. The summed E-state index contributed by atoms with van der Waals surface area (Å²) in [7, 11) is 0. The fourth-order valence-electron chi connectivity index (χ4n) is 1.83. The van der Waals surface area contributed by atoms with Gasteiger partial charge in [-0.15, -0.1) is 0 Å². The van der Waals surface area contributed by atoms with Gasteiger partial charge >= 0.3 is 5.97 Å². The van der Waals surface area contributed by atoms with E-state index in [9.17, 15) is 4.79 Å². The predicted octanol–water partition coefficient (Wildman–Crippen LogP) is 0.922. The molecule has 0 amide bonds. The molecule has 1 aromatic heterocycles. The summed E-state index contributed by atoms with van der Waals surface area (Å²) in [6, 6.07) is 0.123. The Balaban J connectivity index is 2.21. The van der Waals surface area contributed by atoms with Gasteiger partial charge in [0.1, 0.15) is 5.56 Å². The fraction of sp³-hybridized carbons (Fsp3) is 0.556. The van der Waals surface area contributed by atoms with Gasteiger partial charge in [-0.3, -0.25) is 5.10 Å². The quantitative estimate of drug-likeness (QED) is 0.655. The average Bonchev–Trinajstić information content (AvgIpc) is 2.67. The lowest BCUT2D eigenvalue weighted by atomic mass is 10.00. The lowest BCUT2D eigenvalue weighted by molar-refractivity contribution is 0.0694. The maximum atomic E-state index is 10.8. The van der Waals surface area contributed by atoms with Gasteiger partial charge < -0.3 is 10.4 Å². The molecular formula is C9H13N3O2. The van der Waals surface area contributed by atoms with E-state index < -0.39 is 5.97 Å². The molecule has 0 aliphatic carbocycles. The summed E-state index contributed by atoms with van der Waals surface area (Å²) in [5.41, 5.74) is 0.988. The molecule has 3 N–H and O–H groups in total. The number of carbonyl (C=O) groups is 1. The number of nitrogens with zero attached hydrogens (tertiary/aromatic N) is 1. The highest BCUT2D eigenvalue weighted by Gasteiger charge is 2.22. The number of nitrogens with one attached hydrogen (secondary N) is 2. The van der Waals surface area contributed by atoms with Crippen LogP contribution in [0.25, 0.3) is 0 Å². The normalized spacial score (nSPS) is 22.1. The number of rotatable bonds is 2. The highest BCUT2D eigenvalue weighted by atomic mass is 16.4. The van der Waals surface area contributed by atoms with E-state index in [4.69, 9.17) is 5.11 Å². The molecule has 1 unspecified atom stereocenters. The zero-order valence-electron chi connectivity index (χ0n) is 7.79. The summed E-state index contributed by atoms with van der Waals surface area (Å²) in [4.78, 5) is 10.8. The van der Waals surface area contributed by atoms with Crippen molar-refractivity contribution in [3.63, 3.8) is 0 Å². The van der Waals surface area contributed by atoms with Gasteiger partial charge in [0.25, 0.3) is 0 Å². The van der Waals surface area contributed by atoms with Crippen LogP contribution in [0.5, 0.6) is 0 Å². The highest BCUT2D eigenvalue weighted by molar-refractivity contribution is 5.88. The monoisotopic (exact) mass is 195 g/mol. The van der Waals surface area contributed by atoms with Crippen molar-refractivity contribution in [3.05, 3.63) is 17.5 Å². The van der Waals surface area contributed by atoms with Crippen molar-refractivity contribution in [2.24, 2.45) is 0 Å². The molecule has 5 nitrogen and oxygen atoms in total. The van der Waals surface area contributed by atoms with Crippen molar-refractivity contribution in [2.45, 2.75) is 25.3 Å². The van der Waals surface area contributed by atoms with E-state index in [1.54, 1.807) is 0 Å². The number of aromatic amines is 1. The summed E-state index contributed by atoms with van der Waals surface area (Å²) < 4.78 is 0. The van der Waals surface area contributed by atoms with Gasteiger partial charge in [-0.05, 0) is 19.4 Å². The van der Waals surface area contributed by atoms with E-state index in [0.29, 0.717) is 5.69 Å². The van der Waals surface area contributed by atoms with Gasteiger partial charge in [0.15, 0.2) is 0 Å². The molecule has 1 aliphatic heterocycles. The molecule has 0 saturated carbocycles. The Kier molecular flexibility index (Phi) is 2.49. The van der Waals surface area contributed by atoms with E-state index >= 15 is 0 Å². The number of H-pyrrole nitrogens is 1. The predicted molar refractivity (Wildman–Crippen MR) is 50.1 cm³/mol. The standard InChI is InChI=1S/C9H13N3O2/c13-9(14)6-5-11-12-8(6)7-3-1-2-4-10-7/h5,7,10H,1-4H2,(H,11,12)(H,13,14). The smallest absolute Gasteiger partial charge is 0.339 e. The fourth-order valence-corrected chi connectivity index (χ4v) is 1.83. The minimum atomic E-state index is -0.916. The Bertz CT molecular complexity index is 329. The first-order valence-corrected chi connectivity index (χ1v) is 4.79. The van der Waals surface area contributed by atoms with Crippen molar-refractivity contribution in [1.82, 2.24) is 15.5 Å². The van der Waals surface area contributed by atoms with Gasteiger partial charge in [0.05, 0.1) is 11.9 Å². The molecule has 1 saturated heterocycles. The molecule has 14 heavy (non-hydrogen) atoms. The number of carboxylic acid groups (broad SMARTS) is 1. The van der Waals surface area contributed by atoms with E-state index in [1.807, 2.05) is 0 Å². The molecule has 0 bridgehead atoms. The Morgan fingerprint density at radius 1 is 1.57 bits per heavy atom. The Labute approximate surface area is 81.5 Å². The molecule has 0 radical (unpaired) electrons. The van der Waals surface area contributed by atoms with Crippen LogP contribution in [0, 0.1) is 0 Å². The van der Waals surface area contributed by atoms with Gasteiger partial charge in [-0.2, -0.15) is 5.10 Å². The average molecular weight is 195 g/mol. The Morgan fingerprint density at radius 2 is 2.43 bits per heavy atom. The molecule has 5 heteroatoms. The van der Waals surface area contributed by atoms with Gasteiger partial charge in [0, 0.05) is 6.04 Å². The second-order valence-corrected chi connectivity index (χ2v) is 3.50. The second kappa shape index (κ2) is 3.79. The molecule has 76 valence electrons. The van der Waals surface area contributed by atoms with E-state index in [-0.39, 0.29) is 11.6 Å². The number of carboxylic acids is 1. The van der Waals surface area contributed by atoms with Gasteiger partial charge in [-0.25, -0.2) is 4.79 Å². The van der Waals surface area contributed by atoms with Crippen LogP contribution >= 0.6 is 0 Å². The number of aromatic nitrogens is 2. The molecule has 1 atom stereocenters. The molecule has 1 fully saturated rings. The lowest BCUT2D eigenvalue weighted by Gasteiger charge is -2.22. The third kappa shape index (κ3) is 1.63. The maximum absolute atomic E-state index is 10.8. The van der Waals surface area contributed by atoms with Crippen LogP contribution in [0.2, 0.25) is 0 Å². The van der Waals surface area contributed by atoms with E-state index in [0.717, 1.165) is 25.8 Å². The SMILES string of the molecule is O=C(O)c1cn[nH]c1C1CCCCN1. The minimum absolute atomic E-state index is 0.123. The van der Waals surface area contributed by atoms with Crippen LogP contribution < -0.4 is 5.32 Å². The lowest BCUT2D eigenvalue weighted by Crippen LogP contribution is -2.28. The van der Waals surface area contributed by atoms with Crippen LogP contribution in [0.4, 0.5) is 0 Å². The molecule has 2 rings (SSSR count). The summed E-state index contributed by atoms with van der Waals surface area (Å²) in [6.45, 7) is 0.947. The first-order chi connectivity index (χ1) is 6.79. The van der Waals surface area contributed by atoms with Crippen molar-refractivity contribution in [1.29, 1.82) is 0 Å². The van der Waals surface area contributed by atoms with Crippen molar-refractivity contribution >= 4 is 5.97 Å². The van der Waals surface area contributed by atoms with Crippen LogP contribution in [0.1, 0.15) is 41.4 Å². The molecular weight excluding hydrogens is 182 g/mol. The second-order valence-electron chi connectivity index (χ2n) is 3.50. The highest BCUT2D eigenvalue weighted by Crippen LogP contribution is 2.23. The first-order valence-electron chi connectivity index (χ1n) is 4.79. The van der Waals surface area contributed by atoms with Crippen LogP contribution in [0.15, 0.2) is 6.20 Å². The molecule has 1 aliphatic rings. The van der Waals surface area contributed by atoms with Gasteiger partial charge in [-0.1, -0.05) is 6.42 Å².